The quantitative estimate of drug-likeness (QED) is 0.0333. The Balaban J connectivity index is 4.45. The highest BCUT2D eigenvalue weighted by Gasteiger charge is 2.46. The van der Waals surface area contributed by atoms with E-state index in [4.69, 9.17) is 52.5 Å². The number of carbonyl (C=O) groups excluding carboxylic acids is 3. The maximum Gasteiger partial charge on any atom is 0.321 e. The molecule has 0 aromatic carbocycles. The smallest absolute Gasteiger partial charge is 0.321 e. The Morgan fingerprint density at radius 3 is 1.10 bits per heavy atom. The summed E-state index contributed by atoms with van der Waals surface area (Å²) in [6.45, 7) is 14.0. The highest BCUT2D eigenvalue weighted by atomic mass is 16.6. The Hall–Kier alpha value is -2.44. The molecule has 0 saturated heterocycles. The second-order valence-corrected chi connectivity index (χ2v) is 17.4. The first-order valence-electron chi connectivity index (χ1n) is 26.8. The van der Waals surface area contributed by atoms with Crippen LogP contribution in [0.2, 0.25) is 0 Å². The molecule has 1 atom stereocenters. The number of ether oxygens (including phenoxy) is 10. The summed E-state index contributed by atoms with van der Waals surface area (Å²) in [5, 5.41) is 11.6. The van der Waals surface area contributed by atoms with Crippen molar-refractivity contribution in [1.82, 2.24) is 5.32 Å². The van der Waals surface area contributed by atoms with E-state index in [1.54, 1.807) is 0 Å². The lowest BCUT2D eigenvalue weighted by Gasteiger charge is -2.31. The monoisotopic (exact) mass is 978 g/mol. The molecule has 16 heteroatoms. The van der Waals surface area contributed by atoms with E-state index in [1.807, 2.05) is 0 Å². The fourth-order valence-corrected chi connectivity index (χ4v) is 7.20. The van der Waals surface area contributed by atoms with Crippen LogP contribution in [0.5, 0.6) is 0 Å². The number of hydrogen-bond donors (Lipinski definition) is 2. The molecule has 0 bridgehead atoms. The first kappa shape index (κ1) is 65.6. The highest BCUT2D eigenvalue weighted by Crippen LogP contribution is 2.35. The van der Waals surface area contributed by atoms with Gasteiger partial charge in [-0.1, -0.05) is 136 Å². The summed E-state index contributed by atoms with van der Waals surface area (Å²) in [7, 11) is 0. The molecule has 0 aliphatic heterocycles. The van der Waals surface area contributed by atoms with E-state index in [9.17, 15) is 19.2 Å². The van der Waals surface area contributed by atoms with Crippen LogP contribution in [0.25, 0.3) is 0 Å². The molecule has 0 aliphatic carbocycles. The van der Waals surface area contributed by atoms with Gasteiger partial charge in [-0.2, -0.15) is 0 Å². The molecule has 2 N–H and O–H groups in total. The topological polar surface area (TPSA) is 193 Å². The molecule has 0 aliphatic rings. The zero-order chi connectivity index (χ0) is 49.7. The van der Waals surface area contributed by atoms with E-state index in [0.29, 0.717) is 138 Å². The molecule has 16 nitrogen and oxygen atoms in total. The van der Waals surface area contributed by atoms with E-state index < -0.39 is 11.4 Å². The number of carboxylic acids is 1. The molecule has 402 valence electrons. The van der Waals surface area contributed by atoms with Crippen molar-refractivity contribution in [2.45, 2.75) is 181 Å². The molecule has 0 aromatic rings. The van der Waals surface area contributed by atoms with Crippen LogP contribution >= 0.6 is 0 Å². The average Bonchev–Trinajstić information content (AvgIpc) is 3.33. The van der Waals surface area contributed by atoms with E-state index in [0.717, 1.165) is 96.3 Å². The number of amides is 1. The third-order valence-corrected chi connectivity index (χ3v) is 11.4. The van der Waals surface area contributed by atoms with Gasteiger partial charge in [0.25, 0.3) is 0 Å². The Morgan fingerprint density at radius 1 is 0.368 bits per heavy atom. The zero-order valence-electron chi connectivity index (χ0n) is 43.3. The van der Waals surface area contributed by atoms with E-state index in [-0.39, 0.29) is 30.9 Å². The fraction of sp³-hybridized carbons (Fsp3) is 0.923. The summed E-state index contributed by atoms with van der Waals surface area (Å²) in [4.78, 5) is 50.2. The Labute approximate surface area is 411 Å². The maximum absolute atomic E-state index is 14.1. The van der Waals surface area contributed by atoms with Gasteiger partial charge in [0.15, 0.2) is 0 Å². The molecule has 1 amide bonds. The average molecular weight is 978 g/mol. The maximum atomic E-state index is 14.1. The molecule has 0 spiro atoms. The minimum atomic E-state index is -1.21. The van der Waals surface area contributed by atoms with Gasteiger partial charge in [0.05, 0.1) is 125 Å². The van der Waals surface area contributed by atoms with Crippen LogP contribution in [0, 0.1) is 5.41 Å². The van der Waals surface area contributed by atoms with Gasteiger partial charge in [-0.15, -0.1) is 0 Å². The van der Waals surface area contributed by atoms with Crippen LogP contribution < -0.4 is 5.32 Å². The lowest BCUT2D eigenvalue weighted by atomic mass is 9.76. The predicted molar refractivity (Wildman–Crippen MR) is 264 cm³/mol. The van der Waals surface area contributed by atoms with Crippen molar-refractivity contribution in [1.29, 1.82) is 0 Å². The molecule has 0 fully saturated rings. The molecule has 0 radical (unpaired) electrons. The van der Waals surface area contributed by atoms with Gasteiger partial charge in [0.2, 0.25) is 5.91 Å². The van der Waals surface area contributed by atoms with E-state index in [1.165, 1.54) is 38.5 Å². The minimum absolute atomic E-state index is 0.0136. The standard InChI is InChI=1S/C52H99NO15/c1-4-7-10-11-12-14-17-20-23-27-52(51(58)68-31-9-6-3,28-24-21-18-15-13-16-19-22-25-49(56)67-30-8-5-2)50(57)53-29-33-60-35-37-62-39-41-64-43-45-66-47-46-65-44-42-63-40-38-61-36-34-59-32-26-48(54)55/h4-47H2,1-3H3,(H,53,57)(H,54,55). The number of esters is 2. The van der Waals surface area contributed by atoms with Crippen LogP contribution in [-0.4, -0.2) is 154 Å². The SMILES string of the molecule is CCCCCCCCCCCC(CCCCCCCCCCC(=O)OCCCC)(C(=O)NCCOCCOCCOCCOCCOCCOCCOCCOCCC(=O)O)C(=O)OCCCC. The van der Waals surface area contributed by atoms with Crippen molar-refractivity contribution < 1.29 is 71.7 Å². The molecule has 0 heterocycles. The van der Waals surface area contributed by atoms with E-state index in [2.05, 4.69) is 26.1 Å². The van der Waals surface area contributed by atoms with Gasteiger partial charge < -0.3 is 57.8 Å². The fourth-order valence-electron chi connectivity index (χ4n) is 7.20. The molecule has 0 rings (SSSR count). The summed E-state index contributed by atoms with van der Waals surface area (Å²) in [6.07, 6.45) is 23.5. The first-order valence-corrected chi connectivity index (χ1v) is 26.8. The van der Waals surface area contributed by atoms with Crippen molar-refractivity contribution in [3.8, 4) is 0 Å². The number of hydrogen-bond acceptors (Lipinski definition) is 14. The molecule has 1 unspecified atom stereocenters. The minimum Gasteiger partial charge on any atom is -0.481 e. The number of carbonyl (C=O) groups is 4. The van der Waals surface area contributed by atoms with Gasteiger partial charge in [-0.25, -0.2) is 0 Å². The Kier molecular flexibility index (Phi) is 50.5. The van der Waals surface area contributed by atoms with E-state index >= 15 is 0 Å². The third kappa shape index (κ3) is 43.6. The third-order valence-electron chi connectivity index (χ3n) is 11.4. The lowest BCUT2D eigenvalue weighted by Crippen LogP contribution is -2.48. The van der Waals surface area contributed by atoms with Crippen molar-refractivity contribution in [3.05, 3.63) is 0 Å². The highest BCUT2D eigenvalue weighted by molar-refractivity contribution is 6.02. The van der Waals surface area contributed by atoms with Gasteiger partial charge in [0, 0.05) is 13.0 Å². The van der Waals surface area contributed by atoms with Crippen LogP contribution in [0.4, 0.5) is 0 Å². The van der Waals surface area contributed by atoms with Crippen LogP contribution in [0.15, 0.2) is 0 Å². The Bertz CT molecular complexity index is 1130. The number of carboxylic acid groups (broad SMARTS) is 1. The van der Waals surface area contributed by atoms with Crippen molar-refractivity contribution >= 4 is 23.8 Å². The molecule has 68 heavy (non-hydrogen) atoms. The summed E-state index contributed by atoms with van der Waals surface area (Å²) >= 11 is 0. The molecular weight excluding hydrogens is 879 g/mol. The van der Waals surface area contributed by atoms with Crippen molar-refractivity contribution in [2.75, 3.05) is 125 Å². The van der Waals surface area contributed by atoms with Crippen LogP contribution in [0.1, 0.15) is 181 Å². The van der Waals surface area contributed by atoms with Crippen molar-refractivity contribution in [3.63, 3.8) is 0 Å². The number of nitrogens with one attached hydrogen (secondary N) is 1. The first-order chi connectivity index (χ1) is 33.3. The normalized spacial score (nSPS) is 12.3. The Morgan fingerprint density at radius 2 is 0.706 bits per heavy atom. The van der Waals surface area contributed by atoms with Gasteiger partial charge in [-0.3, -0.25) is 19.2 Å². The summed E-state index contributed by atoms with van der Waals surface area (Å²) in [5.41, 5.74) is -1.21. The summed E-state index contributed by atoms with van der Waals surface area (Å²) in [6, 6.07) is 0. The van der Waals surface area contributed by atoms with Gasteiger partial charge in [0.1, 0.15) is 5.41 Å². The van der Waals surface area contributed by atoms with Gasteiger partial charge >= 0.3 is 17.9 Å². The zero-order valence-corrected chi connectivity index (χ0v) is 43.3. The molecule has 0 aromatic heterocycles. The van der Waals surface area contributed by atoms with Crippen LogP contribution in [-0.2, 0) is 66.5 Å². The van der Waals surface area contributed by atoms with Gasteiger partial charge in [-0.05, 0) is 32.1 Å². The largest absolute Gasteiger partial charge is 0.481 e. The lowest BCUT2D eigenvalue weighted by molar-refractivity contribution is -0.163. The second-order valence-electron chi connectivity index (χ2n) is 17.4. The summed E-state index contributed by atoms with van der Waals surface area (Å²) < 4.78 is 55.0. The van der Waals surface area contributed by atoms with Crippen LogP contribution in [0.3, 0.4) is 0 Å². The number of unbranched alkanes of at least 4 members (excludes halogenated alkanes) is 17. The predicted octanol–water partition coefficient (Wildman–Crippen LogP) is 9.21. The number of rotatable bonds is 56. The van der Waals surface area contributed by atoms with Crippen molar-refractivity contribution in [2.24, 2.45) is 5.41 Å². The molecule has 0 saturated carbocycles. The second kappa shape index (κ2) is 52.4. The molecular formula is C52H99NO15. The number of aliphatic carboxylic acids is 1. The summed E-state index contributed by atoms with van der Waals surface area (Å²) in [5.74, 6) is -1.61.